The maximum atomic E-state index is 14.3. The number of alkyl carbamates (subject to hydrolysis) is 1. The number of non-ortho nitro benzene ring substituents is 1. The van der Waals surface area contributed by atoms with Gasteiger partial charge < -0.3 is 19.9 Å². The zero-order chi connectivity index (χ0) is 22.6. The first-order chi connectivity index (χ1) is 14.6. The highest BCUT2D eigenvalue weighted by Gasteiger charge is 2.29. The number of nitro groups is 1. The first-order valence-electron chi connectivity index (χ1n) is 11.0. The number of nitrogens with zero attached hydrogens (tertiary/aromatic N) is 3. The van der Waals surface area contributed by atoms with Gasteiger partial charge in [0.05, 0.1) is 16.7 Å². The molecule has 9 heteroatoms. The second-order valence-corrected chi connectivity index (χ2v) is 9.47. The molecule has 2 heterocycles. The number of anilines is 1. The van der Waals surface area contributed by atoms with E-state index in [1.807, 2.05) is 25.7 Å². The van der Waals surface area contributed by atoms with Gasteiger partial charge in [-0.2, -0.15) is 0 Å². The highest BCUT2D eigenvalue weighted by molar-refractivity contribution is 5.67. The molecule has 2 fully saturated rings. The normalized spacial score (nSPS) is 19.3. The van der Waals surface area contributed by atoms with Crippen LogP contribution in [0.3, 0.4) is 0 Å². The van der Waals surface area contributed by atoms with Gasteiger partial charge in [-0.15, -0.1) is 0 Å². The largest absolute Gasteiger partial charge is 0.444 e. The fourth-order valence-corrected chi connectivity index (χ4v) is 4.40. The summed E-state index contributed by atoms with van der Waals surface area (Å²) in [5.74, 6) is -0.0796. The number of rotatable bonds is 5. The molecule has 31 heavy (non-hydrogen) atoms. The number of carbonyl (C=O) groups is 1. The van der Waals surface area contributed by atoms with E-state index in [0.29, 0.717) is 24.2 Å². The number of halogens is 1. The minimum absolute atomic E-state index is 0.222. The number of ether oxygens (including phenoxy) is 1. The Labute approximate surface area is 182 Å². The van der Waals surface area contributed by atoms with Crippen molar-refractivity contribution < 1.29 is 18.8 Å². The van der Waals surface area contributed by atoms with E-state index in [1.165, 1.54) is 12.1 Å². The van der Waals surface area contributed by atoms with E-state index in [1.54, 1.807) is 0 Å². The molecule has 3 rings (SSSR count). The van der Waals surface area contributed by atoms with Crippen LogP contribution in [0, 0.1) is 21.8 Å². The predicted molar refractivity (Wildman–Crippen MR) is 117 cm³/mol. The molecular formula is C22H33FN4O4. The summed E-state index contributed by atoms with van der Waals surface area (Å²) < 4.78 is 19.6. The molecule has 0 bridgehead atoms. The Morgan fingerprint density at radius 3 is 2.39 bits per heavy atom. The zero-order valence-electron chi connectivity index (χ0n) is 18.6. The number of hydrogen-bond acceptors (Lipinski definition) is 6. The van der Waals surface area contributed by atoms with Crippen LogP contribution in [0.25, 0.3) is 0 Å². The smallest absolute Gasteiger partial charge is 0.407 e. The molecule has 2 saturated heterocycles. The highest BCUT2D eigenvalue weighted by Crippen LogP contribution is 2.29. The molecule has 8 nitrogen and oxygen atoms in total. The summed E-state index contributed by atoms with van der Waals surface area (Å²) in [6.07, 6.45) is 3.59. The van der Waals surface area contributed by atoms with Gasteiger partial charge in [0.15, 0.2) is 5.82 Å². The SMILES string of the molecule is CC(C)(C)OC(=O)NCC1CCN(C2CCN(c3ccc([N+](=O)[O-])cc3F)CC2)CC1. The van der Waals surface area contributed by atoms with Gasteiger partial charge in [-0.3, -0.25) is 10.1 Å². The van der Waals surface area contributed by atoms with Crippen molar-refractivity contribution >= 4 is 17.5 Å². The van der Waals surface area contributed by atoms with Crippen molar-refractivity contribution in [1.82, 2.24) is 10.2 Å². The average Bonchev–Trinajstić information content (AvgIpc) is 2.71. The summed E-state index contributed by atoms with van der Waals surface area (Å²) >= 11 is 0. The van der Waals surface area contributed by atoms with E-state index in [-0.39, 0.29) is 11.8 Å². The van der Waals surface area contributed by atoms with Gasteiger partial charge in [0.25, 0.3) is 5.69 Å². The molecule has 1 aromatic rings. The van der Waals surface area contributed by atoms with Crippen LogP contribution in [0.15, 0.2) is 18.2 Å². The van der Waals surface area contributed by atoms with Crippen LogP contribution in [-0.2, 0) is 4.74 Å². The molecule has 0 unspecified atom stereocenters. The third-order valence-corrected chi connectivity index (χ3v) is 6.05. The van der Waals surface area contributed by atoms with Gasteiger partial charge in [0, 0.05) is 31.7 Å². The van der Waals surface area contributed by atoms with Crippen molar-refractivity contribution in [1.29, 1.82) is 0 Å². The Balaban J connectivity index is 1.41. The third kappa shape index (κ3) is 6.53. The topological polar surface area (TPSA) is 88.0 Å². The van der Waals surface area contributed by atoms with Gasteiger partial charge in [0.1, 0.15) is 5.60 Å². The van der Waals surface area contributed by atoms with E-state index < -0.39 is 16.3 Å². The molecule has 1 amide bonds. The van der Waals surface area contributed by atoms with Crippen LogP contribution < -0.4 is 10.2 Å². The number of amides is 1. The van der Waals surface area contributed by atoms with Crippen LogP contribution in [0.1, 0.15) is 46.5 Å². The monoisotopic (exact) mass is 436 g/mol. The van der Waals surface area contributed by atoms with E-state index in [9.17, 15) is 19.3 Å². The molecule has 0 saturated carbocycles. The molecule has 0 aromatic heterocycles. The van der Waals surface area contributed by atoms with Gasteiger partial charge in [-0.1, -0.05) is 0 Å². The van der Waals surface area contributed by atoms with Crippen molar-refractivity contribution in [2.45, 2.75) is 58.1 Å². The molecule has 1 N–H and O–H groups in total. The number of likely N-dealkylation sites (tertiary alicyclic amines) is 1. The van der Waals surface area contributed by atoms with Gasteiger partial charge in [0.2, 0.25) is 0 Å². The Kier molecular flexibility index (Phi) is 7.35. The number of piperidine rings is 2. The maximum absolute atomic E-state index is 14.3. The van der Waals surface area contributed by atoms with Crippen molar-refractivity contribution in [3.05, 3.63) is 34.1 Å². The summed E-state index contributed by atoms with van der Waals surface area (Å²) in [6.45, 7) is 9.67. The van der Waals surface area contributed by atoms with E-state index in [2.05, 4.69) is 10.2 Å². The Morgan fingerprint density at radius 1 is 1.19 bits per heavy atom. The fourth-order valence-electron chi connectivity index (χ4n) is 4.40. The number of nitro benzene ring substituents is 1. The Hall–Kier alpha value is -2.42. The molecule has 0 radical (unpaired) electrons. The molecule has 172 valence electrons. The van der Waals surface area contributed by atoms with E-state index >= 15 is 0 Å². The fraction of sp³-hybridized carbons (Fsp3) is 0.682. The maximum Gasteiger partial charge on any atom is 0.407 e. The van der Waals surface area contributed by atoms with Crippen molar-refractivity contribution in [3.8, 4) is 0 Å². The number of nitrogens with one attached hydrogen (secondary N) is 1. The third-order valence-electron chi connectivity index (χ3n) is 6.05. The van der Waals surface area contributed by atoms with Crippen LogP contribution in [0.5, 0.6) is 0 Å². The lowest BCUT2D eigenvalue weighted by Crippen LogP contribution is -2.49. The lowest BCUT2D eigenvalue weighted by atomic mass is 9.93. The Bertz CT molecular complexity index is 782. The summed E-state index contributed by atoms with van der Waals surface area (Å²) in [7, 11) is 0. The first-order valence-corrected chi connectivity index (χ1v) is 11.0. The molecule has 1 aromatic carbocycles. The summed E-state index contributed by atoms with van der Waals surface area (Å²) in [6, 6.07) is 4.34. The lowest BCUT2D eigenvalue weighted by Gasteiger charge is -2.42. The molecule has 0 aliphatic carbocycles. The molecular weight excluding hydrogens is 403 g/mol. The van der Waals surface area contributed by atoms with Crippen LogP contribution in [0.4, 0.5) is 20.6 Å². The molecule has 2 aliphatic heterocycles. The summed E-state index contributed by atoms with van der Waals surface area (Å²) in [5.41, 5.74) is -0.268. The number of hydrogen-bond donors (Lipinski definition) is 1. The average molecular weight is 437 g/mol. The van der Waals surface area contributed by atoms with Crippen LogP contribution in [0.2, 0.25) is 0 Å². The standard InChI is InChI=1S/C22H33FN4O4/c1-22(2,3)31-21(28)24-15-16-6-10-25(11-7-16)17-8-12-26(13-9-17)20-5-4-18(27(29)30)14-19(20)23/h4-5,14,16-17H,6-13,15H2,1-3H3,(H,24,28). The second kappa shape index (κ2) is 9.80. The van der Waals surface area contributed by atoms with Gasteiger partial charge >= 0.3 is 6.09 Å². The predicted octanol–water partition coefficient (Wildman–Crippen LogP) is 3.94. The molecule has 0 spiro atoms. The van der Waals surface area contributed by atoms with Crippen LogP contribution in [-0.4, -0.2) is 60.3 Å². The van der Waals surface area contributed by atoms with Crippen molar-refractivity contribution in [2.75, 3.05) is 37.6 Å². The summed E-state index contributed by atoms with van der Waals surface area (Å²) in [5, 5.41) is 13.7. The van der Waals surface area contributed by atoms with Crippen molar-refractivity contribution in [2.24, 2.45) is 5.92 Å². The van der Waals surface area contributed by atoms with E-state index in [0.717, 1.165) is 57.9 Å². The van der Waals surface area contributed by atoms with E-state index in [4.69, 9.17) is 4.74 Å². The minimum atomic E-state index is -0.578. The van der Waals surface area contributed by atoms with Gasteiger partial charge in [-0.25, -0.2) is 9.18 Å². The van der Waals surface area contributed by atoms with Crippen LogP contribution >= 0.6 is 0 Å². The quantitative estimate of drug-likeness (QED) is 0.556. The van der Waals surface area contributed by atoms with Crippen molar-refractivity contribution in [3.63, 3.8) is 0 Å². The minimum Gasteiger partial charge on any atom is -0.444 e. The summed E-state index contributed by atoms with van der Waals surface area (Å²) in [4.78, 5) is 26.5. The number of benzene rings is 1. The Morgan fingerprint density at radius 2 is 1.84 bits per heavy atom. The zero-order valence-corrected chi connectivity index (χ0v) is 18.6. The molecule has 0 atom stereocenters. The molecule has 2 aliphatic rings. The van der Waals surface area contributed by atoms with Gasteiger partial charge in [-0.05, 0) is 71.5 Å². The lowest BCUT2D eigenvalue weighted by molar-refractivity contribution is -0.385. The highest BCUT2D eigenvalue weighted by atomic mass is 19.1. The second-order valence-electron chi connectivity index (χ2n) is 9.47. The first kappa shape index (κ1) is 23.2. The number of carbonyl (C=O) groups excluding carboxylic acids is 1.